The Bertz CT molecular complexity index is 2830. The van der Waals surface area contributed by atoms with Gasteiger partial charge in [-0.2, -0.15) is 0 Å². The quantitative estimate of drug-likeness (QED) is 0.186. The Morgan fingerprint density at radius 1 is 0.340 bits per heavy atom. The molecule has 2 aromatic heterocycles. The van der Waals surface area contributed by atoms with Crippen molar-refractivity contribution in [1.82, 2.24) is 19.9 Å². The van der Waals surface area contributed by atoms with E-state index in [1.807, 2.05) is 36.4 Å². The summed E-state index contributed by atoms with van der Waals surface area (Å²) < 4.78 is 0. The van der Waals surface area contributed by atoms with E-state index in [9.17, 15) is 0 Å². The van der Waals surface area contributed by atoms with Gasteiger partial charge in [0.1, 0.15) is 0 Å². The van der Waals surface area contributed by atoms with Gasteiger partial charge in [-0.15, -0.1) is 0 Å². The molecule has 0 amide bonds. The second kappa shape index (κ2) is 11.5. The van der Waals surface area contributed by atoms with Gasteiger partial charge in [-0.1, -0.05) is 170 Å². The lowest BCUT2D eigenvalue weighted by molar-refractivity contribution is 0.801. The van der Waals surface area contributed by atoms with Crippen molar-refractivity contribution in [3.63, 3.8) is 0 Å². The third kappa shape index (κ3) is 4.30. The van der Waals surface area contributed by atoms with Crippen molar-refractivity contribution in [2.24, 2.45) is 0 Å². The highest BCUT2D eigenvalue weighted by molar-refractivity contribution is 6.06. The summed E-state index contributed by atoms with van der Waals surface area (Å²) in [6.07, 6.45) is 0. The fourth-order valence-corrected chi connectivity index (χ4v) is 8.75. The van der Waals surface area contributed by atoms with Crippen molar-refractivity contribution in [3.8, 4) is 67.7 Å². The molecular formula is C49H30N4. The first kappa shape index (κ1) is 29.7. The normalized spacial score (nSPS) is 14.9. The summed E-state index contributed by atoms with van der Waals surface area (Å²) in [5.41, 5.74) is 15.2. The smallest absolute Gasteiger partial charge is 0.164 e. The van der Waals surface area contributed by atoms with Gasteiger partial charge in [0, 0.05) is 33.2 Å². The number of aromatic nitrogens is 4. The Kier molecular flexibility index (Phi) is 6.43. The highest BCUT2D eigenvalue weighted by Crippen LogP contribution is 2.65. The first-order valence-corrected chi connectivity index (χ1v) is 18.0. The van der Waals surface area contributed by atoms with Crippen molar-refractivity contribution in [1.29, 1.82) is 0 Å². The van der Waals surface area contributed by atoms with Gasteiger partial charge < -0.3 is 0 Å². The van der Waals surface area contributed by atoms with Crippen molar-refractivity contribution in [3.05, 3.63) is 204 Å². The molecule has 246 valence electrons. The molecule has 0 radical (unpaired) electrons. The minimum atomic E-state index is -0.600. The summed E-state index contributed by atoms with van der Waals surface area (Å²) in [5, 5.41) is 1.16. The number of para-hydroxylation sites is 1. The van der Waals surface area contributed by atoms with E-state index in [2.05, 4.69) is 146 Å². The monoisotopic (exact) mass is 674 g/mol. The molecule has 0 aliphatic heterocycles. The van der Waals surface area contributed by atoms with Crippen LogP contribution in [0.5, 0.6) is 0 Å². The van der Waals surface area contributed by atoms with Crippen LogP contribution in [-0.4, -0.2) is 19.9 Å². The van der Waals surface area contributed by atoms with Crippen LogP contribution < -0.4 is 0 Å². The standard InChI is InChI=1S/C49H30N4/c1-4-16-31(17-5-1)45-43-37-23-11-14-26-40(37)49(44(43)38-24-12-15-27-42(38)50-45)39-25-13-10-22-35(39)36-29-28-34(30-41(36)49)48-52-46(32-18-6-2-7-19-32)51-47(53-48)33-20-8-3-9-21-33/h1-30H. The average molecular weight is 675 g/mol. The van der Waals surface area contributed by atoms with Crippen LogP contribution in [0, 0.1) is 0 Å². The molecular weight excluding hydrogens is 645 g/mol. The minimum absolute atomic E-state index is 0.600. The highest BCUT2D eigenvalue weighted by Gasteiger charge is 2.53. The van der Waals surface area contributed by atoms with Crippen LogP contribution in [-0.2, 0) is 5.41 Å². The third-order valence-corrected chi connectivity index (χ3v) is 10.9. The van der Waals surface area contributed by atoms with E-state index in [1.165, 1.54) is 44.5 Å². The fourth-order valence-electron chi connectivity index (χ4n) is 8.75. The summed E-state index contributed by atoms with van der Waals surface area (Å²) in [5.74, 6) is 1.94. The van der Waals surface area contributed by atoms with Gasteiger partial charge in [-0.25, -0.2) is 19.9 Å². The predicted molar refractivity (Wildman–Crippen MR) is 213 cm³/mol. The first-order valence-electron chi connectivity index (χ1n) is 18.0. The molecule has 4 nitrogen and oxygen atoms in total. The van der Waals surface area contributed by atoms with Gasteiger partial charge in [0.25, 0.3) is 0 Å². The predicted octanol–water partition coefficient (Wildman–Crippen LogP) is 11.4. The van der Waals surface area contributed by atoms with Crippen LogP contribution in [0.25, 0.3) is 78.6 Å². The van der Waals surface area contributed by atoms with Crippen LogP contribution in [0.15, 0.2) is 182 Å². The number of nitrogens with zero attached hydrogens (tertiary/aromatic N) is 4. The van der Waals surface area contributed by atoms with E-state index in [-0.39, 0.29) is 0 Å². The first-order chi connectivity index (χ1) is 26.3. The third-order valence-electron chi connectivity index (χ3n) is 10.9. The van der Waals surface area contributed by atoms with Crippen LogP contribution >= 0.6 is 0 Å². The molecule has 2 aliphatic carbocycles. The van der Waals surface area contributed by atoms with Crippen molar-refractivity contribution >= 4 is 10.9 Å². The Balaban J connectivity index is 1.24. The van der Waals surface area contributed by atoms with E-state index in [1.54, 1.807) is 0 Å². The van der Waals surface area contributed by atoms with Gasteiger partial charge in [-0.05, 0) is 51.1 Å². The molecule has 7 aromatic carbocycles. The Labute approximate surface area is 307 Å². The molecule has 53 heavy (non-hydrogen) atoms. The van der Waals surface area contributed by atoms with Gasteiger partial charge in [0.05, 0.1) is 16.6 Å². The van der Waals surface area contributed by atoms with Crippen LogP contribution in [0.1, 0.15) is 22.3 Å². The summed E-state index contributed by atoms with van der Waals surface area (Å²) in [6.45, 7) is 0. The lowest BCUT2D eigenvalue weighted by Crippen LogP contribution is -2.26. The summed E-state index contributed by atoms with van der Waals surface area (Å²) >= 11 is 0. The molecule has 1 unspecified atom stereocenters. The molecule has 0 fully saturated rings. The fraction of sp³-hybridized carbons (Fsp3) is 0.0204. The van der Waals surface area contributed by atoms with Crippen molar-refractivity contribution in [2.45, 2.75) is 5.41 Å². The maximum Gasteiger partial charge on any atom is 0.164 e. The molecule has 0 saturated heterocycles. The number of rotatable bonds is 4. The van der Waals surface area contributed by atoms with Gasteiger partial charge >= 0.3 is 0 Å². The largest absolute Gasteiger partial charge is 0.247 e. The molecule has 4 heteroatoms. The number of hydrogen-bond acceptors (Lipinski definition) is 4. The number of pyridine rings is 1. The Morgan fingerprint density at radius 2 is 0.830 bits per heavy atom. The van der Waals surface area contributed by atoms with E-state index < -0.39 is 5.41 Å². The molecule has 9 aromatic rings. The molecule has 0 saturated carbocycles. The van der Waals surface area contributed by atoms with Gasteiger partial charge in [-0.3, -0.25) is 0 Å². The van der Waals surface area contributed by atoms with Crippen molar-refractivity contribution < 1.29 is 0 Å². The zero-order valence-corrected chi connectivity index (χ0v) is 28.6. The molecule has 2 heterocycles. The Hall–Kier alpha value is -7.04. The average Bonchev–Trinajstić information content (AvgIpc) is 3.72. The highest BCUT2D eigenvalue weighted by atomic mass is 15.0. The molecule has 11 rings (SSSR count). The summed E-state index contributed by atoms with van der Waals surface area (Å²) in [7, 11) is 0. The maximum absolute atomic E-state index is 5.40. The minimum Gasteiger partial charge on any atom is -0.247 e. The molecule has 1 spiro atoms. The van der Waals surface area contributed by atoms with Crippen LogP contribution in [0.4, 0.5) is 0 Å². The van der Waals surface area contributed by atoms with Crippen molar-refractivity contribution in [2.75, 3.05) is 0 Å². The lowest BCUT2D eigenvalue weighted by atomic mass is 9.69. The van der Waals surface area contributed by atoms with E-state index in [4.69, 9.17) is 19.9 Å². The van der Waals surface area contributed by atoms with Crippen LogP contribution in [0.3, 0.4) is 0 Å². The summed E-state index contributed by atoms with van der Waals surface area (Å²) in [4.78, 5) is 20.7. The molecule has 0 N–H and O–H groups in total. The number of hydrogen-bond donors (Lipinski definition) is 0. The lowest BCUT2D eigenvalue weighted by Gasteiger charge is -2.31. The second-order valence-corrected chi connectivity index (χ2v) is 13.7. The zero-order valence-electron chi connectivity index (χ0n) is 28.6. The topological polar surface area (TPSA) is 51.6 Å². The van der Waals surface area contributed by atoms with E-state index >= 15 is 0 Å². The van der Waals surface area contributed by atoms with E-state index in [0.717, 1.165) is 38.9 Å². The number of fused-ring (bicyclic) bond motifs is 12. The number of benzene rings is 7. The molecule has 0 bridgehead atoms. The van der Waals surface area contributed by atoms with Gasteiger partial charge in [0.2, 0.25) is 0 Å². The molecule has 2 aliphatic rings. The Morgan fingerprint density at radius 3 is 1.49 bits per heavy atom. The van der Waals surface area contributed by atoms with E-state index in [0.29, 0.717) is 17.5 Å². The zero-order chi connectivity index (χ0) is 34.9. The summed E-state index contributed by atoms with van der Waals surface area (Å²) in [6, 6.07) is 64.2. The van der Waals surface area contributed by atoms with Gasteiger partial charge in [0.15, 0.2) is 17.5 Å². The van der Waals surface area contributed by atoms with Crippen LogP contribution in [0.2, 0.25) is 0 Å². The molecule has 1 atom stereocenters. The SMILES string of the molecule is c1ccc(-c2nc(-c3ccccc3)nc(-c3ccc4c(c3)C3(c5ccccc5-4)c4ccccc4-c4c(-c5ccccc5)nc5ccccc5c43)n2)cc1. The maximum atomic E-state index is 5.40. The second-order valence-electron chi connectivity index (χ2n) is 13.7.